The molecule has 0 unspecified atom stereocenters. The van der Waals surface area contributed by atoms with Gasteiger partial charge in [0, 0.05) is 15.2 Å². The number of halogens is 1. The van der Waals surface area contributed by atoms with Crippen LogP contribution in [0.2, 0.25) is 0 Å². The van der Waals surface area contributed by atoms with E-state index in [-0.39, 0.29) is 0 Å². The van der Waals surface area contributed by atoms with Gasteiger partial charge in [0.15, 0.2) is 0 Å². The maximum Gasteiger partial charge on any atom is 0.124 e. The maximum absolute atomic E-state index is 5.80. The molecule has 1 saturated carbocycles. The van der Waals surface area contributed by atoms with Crippen LogP contribution in [0.3, 0.4) is 0 Å². The molecule has 0 amide bonds. The highest BCUT2D eigenvalue weighted by Crippen LogP contribution is 2.21. The molecule has 1 heterocycles. The number of rotatable bonds is 6. The third kappa shape index (κ3) is 3.73. The van der Waals surface area contributed by atoms with Crippen molar-refractivity contribution in [2.75, 3.05) is 0 Å². The molecule has 3 rings (SSSR count). The molecular weight excluding hydrogens is 353 g/mol. The van der Waals surface area contributed by atoms with Crippen molar-refractivity contribution in [3.05, 3.63) is 51.5 Å². The van der Waals surface area contributed by atoms with Crippen LogP contribution in [0.15, 0.2) is 41.0 Å². The quantitative estimate of drug-likeness (QED) is 0.789. The van der Waals surface area contributed by atoms with E-state index in [1.54, 1.807) is 6.26 Å². The van der Waals surface area contributed by atoms with Gasteiger partial charge in [0.1, 0.15) is 18.1 Å². The third-order valence-electron chi connectivity index (χ3n) is 3.16. The maximum atomic E-state index is 5.80. The molecule has 0 saturated heterocycles. The van der Waals surface area contributed by atoms with Crippen molar-refractivity contribution >= 4 is 22.6 Å². The van der Waals surface area contributed by atoms with Gasteiger partial charge in [-0.1, -0.05) is 6.07 Å². The largest absolute Gasteiger partial charge is 0.489 e. The second kappa shape index (κ2) is 5.96. The highest BCUT2D eigenvalue weighted by atomic mass is 127. The van der Waals surface area contributed by atoms with Crippen LogP contribution < -0.4 is 10.1 Å². The molecule has 1 aliphatic rings. The van der Waals surface area contributed by atoms with Crippen LogP contribution in [-0.2, 0) is 13.2 Å². The van der Waals surface area contributed by atoms with Crippen LogP contribution in [-0.4, -0.2) is 6.04 Å². The highest BCUT2D eigenvalue weighted by molar-refractivity contribution is 14.1. The Kier molecular flexibility index (Phi) is 4.08. The molecule has 1 aromatic carbocycles. The number of nitrogens with one attached hydrogen (secondary N) is 1. The number of hydrogen-bond donors (Lipinski definition) is 1. The molecule has 1 fully saturated rings. The molecule has 0 atom stereocenters. The molecule has 1 aliphatic carbocycles. The van der Waals surface area contributed by atoms with Crippen molar-refractivity contribution in [3.63, 3.8) is 0 Å². The Hall–Kier alpha value is -1.01. The minimum atomic E-state index is 0.554. The van der Waals surface area contributed by atoms with Crippen molar-refractivity contribution in [2.45, 2.75) is 32.0 Å². The van der Waals surface area contributed by atoms with Crippen molar-refractivity contribution in [1.29, 1.82) is 0 Å². The van der Waals surface area contributed by atoms with Crippen LogP contribution in [0.25, 0.3) is 0 Å². The minimum absolute atomic E-state index is 0.554. The summed E-state index contributed by atoms with van der Waals surface area (Å²) in [7, 11) is 0. The van der Waals surface area contributed by atoms with Gasteiger partial charge in [-0.15, -0.1) is 0 Å². The molecule has 0 aliphatic heterocycles. The zero-order chi connectivity index (χ0) is 13.1. The van der Waals surface area contributed by atoms with Gasteiger partial charge >= 0.3 is 0 Å². The Balaban J connectivity index is 1.58. The fourth-order valence-corrected chi connectivity index (χ4v) is 2.41. The van der Waals surface area contributed by atoms with Crippen LogP contribution in [0, 0.1) is 3.57 Å². The smallest absolute Gasteiger partial charge is 0.124 e. The molecule has 4 heteroatoms. The van der Waals surface area contributed by atoms with E-state index in [1.807, 2.05) is 24.3 Å². The standard InChI is InChI=1S/C15H16INO2/c16-12-2-1-3-14(8-12)19-10-11-6-7-18-15(11)9-17-13-4-5-13/h1-3,6-8,13,17H,4-5,9-10H2. The summed E-state index contributed by atoms with van der Waals surface area (Å²) >= 11 is 2.28. The van der Waals surface area contributed by atoms with Crippen molar-refractivity contribution in [3.8, 4) is 5.75 Å². The highest BCUT2D eigenvalue weighted by Gasteiger charge is 2.21. The van der Waals surface area contributed by atoms with Gasteiger partial charge in [0.25, 0.3) is 0 Å². The average molecular weight is 369 g/mol. The third-order valence-corrected chi connectivity index (χ3v) is 3.83. The lowest BCUT2D eigenvalue weighted by atomic mass is 10.2. The first kappa shape index (κ1) is 13.0. The Morgan fingerprint density at radius 3 is 3.00 bits per heavy atom. The summed E-state index contributed by atoms with van der Waals surface area (Å²) in [5, 5.41) is 3.46. The van der Waals surface area contributed by atoms with E-state index in [4.69, 9.17) is 9.15 Å². The lowest BCUT2D eigenvalue weighted by Crippen LogP contribution is -2.16. The molecule has 19 heavy (non-hydrogen) atoms. The van der Waals surface area contributed by atoms with Crippen molar-refractivity contribution in [2.24, 2.45) is 0 Å². The Bertz CT molecular complexity index is 549. The first-order valence-corrected chi connectivity index (χ1v) is 7.56. The molecule has 100 valence electrons. The molecule has 0 radical (unpaired) electrons. The van der Waals surface area contributed by atoms with E-state index in [9.17, 15) is 0 Å². The van der Waals surface area contributed by atoms with Gasteiger partial charge in [-0.3, -0.25) is 0 Å². The van der Waals surface area contributed by atoms with Crippen molar-refractivity contribution < 1.29 is 9.15 Å². The molecule has 1 aromatic heterocycles. The fraction of sp³-hybridized carbons (Fsp3) is 0.333. The topological polar surface area (TPSA) is 34.4 Å². The predicted molar refractivity (Wildman–Crippen MR) is 82.1 cm³/mol. The lowest BCUT2D eigenvalue weighted by molar-refractivity contribution is 0.301. The number of hydrogen-bond acceptors (Lipinski definition) is 3. The summed E-state index contributed by atoms with van der Waals surface area (Å²) in [4.78, 5) is 0. The number of benzene rings is 1. The van der Waals surface area contributed by atoms with E-state index in [0.717, 1.165) is 23.6 Å². The van der Waals surface area contributed by atoms with Gasteiger partial charge in [0.05, 0.1) is 12.8 Å². The van der Waals surface area contributed by atoms with E-state index in [1.165, 1.54) is 16.4 Å². The van der Waals surface area contributed by atoms with Crippen LogP contribution in [0.5, 0.6) is 5.75 Å². The second-order valence-electron chi connectivity index (χ2n) is 4.77. The number of ether oxygens (including phenoxy) is 1. The zero-order valence-corrected chi connectivity index (χ0v) is 12.7. The van der Waals surface area contributed by atoms with E-state index < -0.39 is 0 Å². The second-order valence-corrected chi connectivity index (χ2v) is 6.02. The van der Waals surface area contributed by atoms with Crippen molar-refractivity contribution in [1.82, 2.24) is 5.32 Å². The number of furan rings is 1. The summed E-state index contributed by atoms with van der Waals surface area (Å²) in [6.45, 7) is 1.35. The summed E-state index contributed by atoms with van der Waals surface area (Å²) in [5.41, 5.74) is 1.12. The Morgan fingerprint density at radius 2 is 2.21 bits per heavy atom. The molecule has 1 N–H and O–H groups in total. The van der Waals surface area contributed by atoms with E-state index in [0.29, 0.717) is 12.6 Å². The van der Waals surface area contributed by atoms with Gasteiger partial charge in [-0.2, -0.15) is 0 Å². The first-order valence-electron chi connectivity index (χ1n) is 6.48. The van der Waals surface area contributed by atoms with E-state index in [2.05, 4.69) is 34.0 Å². The molecule has 0 bridgehead atoms. The van der Waals surface area contributed by atoms with Crippen LogP contribution >= 0.6 is 22.6 Å². The monoisotopic (exact) mass is 369 g/mol. The summed E-state index contributed by atoms with van der Waals surface area (Å²) < 4.78 is 12.5. The van der Waals surface area contributed by atoms with Gasteiger partial charge in [0.2, 0.25) is 0 Å². The molecule has 2 aromatic rings. The summed E-state index contributed by atoms with van der Waals surface area (Å²) in [6, 6.07) is 10.7. The zero-order valence-electron chi connectivity index (χ0n) is 10.6. The van der Waals surface area contributed by atoms with E-state index >= 15 is 0 Å². The average Bonchev–Trinajstić information content (AvgIpc) is 3.13. The Morgan fingerprint density at radius 1 is 1.32 bits per heavy atom. The molecular formula is C15H16INO2. The SMILES string of the molecule is Ic1cccc(OCc2ccoc2CNC2CC2)c1. The lowest BCUT2D eigenvalue weighted by Gasteiger charge is -2.07. The fourth-order valence-electron chi connectivity index (χ4n) is 1.89. The minimum Gasteiger partial charge on any atom is -0.489 e. The molecule has 3 nitrogen and oxygen atoms in total. The molecule has 0 spiro atoms. The van der Waals surface area contributed by atoms with Crippen LogP contribution in [0.4, 0.5) is 0 Å². The van der Waals surface area contributed by atoms with Gasteiger partial charge < -0.3 is 14.5 Å². The summed E-state index contributed by atoms with van der Waals surface area (Å²) in [5.74, 6) is 1.88. The van der Waals surface area contributed by atoms with Gasteiger partial charge in [-0.05, 0) is 59.7 Å². The first-order chi connectivity index (χ1) is 9.31. The Labute approximate surface area is 126 Å². The van der Waals surface area contributed by atoms with Crippen LogP contribution in [0.1, 0.15) is 24.2 Å². The summed E-state index contributed by atoms with van der Waals surface area (Å²) in [6.07, 6.45) is 4.31. The predicted octanol–water partition coefficient (Wildman–Crippen LogP) is 3.72. The van der Waals surface area contributed by atoms with Gasteiger partial charge in [-0.25, -0.2) is 0 Å². The normalized spacial score (nSPS) is 14.6.